The van der Waals surface area contributed by atoms with Gasteiger partial charge >= 0.3 is 0 Å². The van der Waals surface area contributed by atoms with Crippen LogP contribution in [-0.4, -0.2) is 10.9 Å². The van der Waals surface area contributed by atoms with Crippen molar-refractivity contribution in [3.63, 3.8) is 0 Å². The van der Waals surface area contributed by atoms with Gasteiger partial charge in [-0.3, -0.25) is 4.79 Å². The number of hydrogen-bond donors (Lipinski definition) is 1. The third-order valence-electron chi connectivity index (χ3n) is 2.87. The molecule has 14 heavy (non-hydrogen) atoms. The maximum absolute atomic E-state index is 11.6. The first-order chi connectivity index (χ1) is 6.79. The Morgan fingerprint density at radius 2 is 2.36 bits per heavy atom. The van der Waals surface area contributed by atoms with Crippen LogP contribution in [0.2, 0.25) is 0 Å². The second-order valence-electron chi connectivity index (χ2n) is 3.82. The molecule has 76 valence electrons. The largest absolute Gasteiger partial charge is 0.388 e. The summed E-state index contributed by atoms with van der Waals surface area (Å²) in [6, 6.07) is 1.90. The van der Waals surface area contributed by atoms with E-state index in [0.717, 1.165) is 24.8 Å². The number of aliphatic hydroxyl groups is 1. The lowest BCUT2D eigenvalue weighted by molar-refractivity contribution is -0.128. The van der Waals surface area contributed by atoms with Gasteiger partial charge in [0.1, 0.15) is 5.78 Å². The summed E-state index contributed by atoms with van der Waals surface area (Å²) in [6.45, 7) is 0. The van der Waals surface area contributed by atoms with E-state index in [2.05, 4.69) is 0 Å². The van der Waals surface area contributed by atoms with Crippen LogP contribution in [0.3, 0.4) is 0 Å². The van der Waals surface area contributed by atoms with E-state index in [1.165, 1.54) is 0 Å². The van der Waals surface area contributed by atoms with E-state index in [9.17, 15) is 9.90 Å². The summed E-state index contributed by atoms with van der Waals surface area (Å²) < 4.78 is 0. The van der Waals surface area contributed by atoms with E-state index in [1.807, 2.05) is 16.8 Å². The minimum absolute atomic E-state index is 0.154. The van der Waals surface area contributed by atoms with Crippen LogP contribution in [-0.2, 0) is 4.79 Å². The first kappa shape index (κ1) is 9.87. The monoisotopic (exact) mass is 210 g/mol. The molecule has 0 bridgehead atoms. The average molecular weight is 210 g/mol. The molecule has 1 aromatic heterocycles. The smallest absolute Gasteiger partial charge is 0.138 e. The molecule has 1 aromatic rings. The molecule has 2 nitrogen and oxygen atoms in total. The summed E-state index contributed by atoms with van der Waals surface area (Å²) >= 11 is 1.56. The summed E-state index contributed by atoms with van der Waals surface area (Å²) in [5.41, 5.74) is 0.898. The van der Waals surface area contributed by atoms with Gasteiger partial charge in [-0.2, -0.15) is 11.3 Å². The number of carbonyl (C=O) groups excluding carboxylic acids is 1. The van der Waals surface area contributed by atoms with Crippen molar-refractivity contribution in [1.29, 1.82) is 0 Å². The quantitative estimate of drug-likeness (QED) is 0.814. The van der Waals surface area contributed by atoms with Crippen molar-refractivity contribution in [3.8, 4) is 0 Å². The highest BCUT2D eigenvalue weighted by Crippen LogP contribution is 2.32. The first-order valence-corrected chi connectivity index (χ1v) is 5.96. The summed E-state index contributed by atoms with van der Waals surface area (Å²) in [5.74, 6) is 0.0771. The van der Waals surface area contributed by atoms with E-state index >= 15 is 0 Å². The summed E-state index contributed by atoms with van der Waals surface area (Å²) in [4.78, 5) is 11.6. The molecule has 1 saturated carbocycles. The Kier molecular flexibility index (Phi) is 2.99. The molecule has 0 spiro atoms. The van der Waals surface area contributed by atoms with Crippen LogP contribution in [0.5, 0.6) is 0 Å². The van der Waals surface area contributed by atoms with Gasteiger partial charge in [-0.05, 0) is 35.2 Å². The second-order valence-corrected chi connectivity index (χ2v) is 4.60. The SMILES string of the molecule is O=C1CCCC[C@H]1C(O)c1ccsc1. The van der Waals surface area contributed by atoms with Crippen LogP contribution in [0.1, 0.15) is 37.4 Å². The molecule has 1 aliphatic carbocycles. The van der Waals surface area contributed by atoms with Crippen LogP contribution in [0.25, 0.3) is 0 Å². The lowest BCUT2D eigenvalue weighted by atomic mass is 9.82. The number of ketones is 1. The zero-order valence-electron chi connectivity index (χ0n) is 7.98. The van der Waals surface area contributed by atoms with Crippen LogP contribution in [0, 0.1) is 5.92 Å². The molecule has 0 saturated heterocycles. The van der Waals surface area contributed by atoms with Gasteiger partial charge < -0.3 is 5.11 Å². The van der Waals surface area contributed by atoms with Gasteiger partial charge in [-0.15, -0.1) is 0 Å². The third-order valence-corrected chi connectivity index (χ3v) is 3.57. The number of Topliss-reactive ketones (excluding diaryl/α,β-unsaturated/α-hetero) is 1. The summed E-state index contributed by atoms with van der Waals surface area (Å²) in [5, 5.41) is 13.8. The topological polar surface area (TPSA) is 37.3 Å². The van der Waals surface area contributed by atoms with Gasteiger partial charge in [-0.1, -0.05) is 6.42 Å². The number of hydrogen-bond acceptors (Lipinski definition) is 3. The molecular weight excluding hydrogens is 196 g/mol. The molecule has 1 N–H and O–H groups in total. The second kappa shape index (κ2) is 4.24. The maximum Gasteiger partial charge on any atom is 0.138 e. The lowest BCUT2D eigenvalue weighted by Gasteiger charge is -2.24. The van der Waals surface area contributed by atoms with Crippen LogP contribution in [0.4, 0.5) is 0 Å². The predicted octanol–water partition coefficient (Wildman–Crippen LogP) is 2.54. The Hall–Kier alpha value is -0.670. The fraction of sp³-hybridized carbons (Fsp3) is 0.545. The van der Waals surface area contributed by atoms with Crippen molar-refractivity contribution >= 4 is 17.1 Å². The normalized spacial score (nSPS) is 24.9. The zero-order valence-corrected chi connectivity index (χ0v) is 8.80. The van der Waals surface area contributed by atoms with E-state index in [-0.39, 0.29) is 11.7 Å². The van der Waals surface area contributed by atoms with Gasteiger partial charge in [0.05, 0.1) is 6.10 Å². The van der Waals surface area contributed by atoms with E-state index in [4.69, 9.17) is 0 Å². The van der Waals surface area contributed by atoms with Crippen LogP contribution >= 0.6 is 11.3 Å². The van der Waals surface area contributed by atoms with Crippen LogP contribution < -0.4 is 0 Å². The molecule has 0 radical (unpaired) electrons. The number of thiophene rings is 1. The zero-order chi connectivity index (χ0) is 9.97. The number of rotatable bonds is 2. The molecule has 0 amide bonds. The van der Waals surface area contributed by atoms with Gasteiger partial charge in [0.15, 0.2) is 0 Å². The molecule has 3 heteroatoms. The fourth-order valence-electron chi connectivity index (χ4n) is 2.02. The lowest BCUT2D eigenvalue weighted by Crippen LogP contribution is -2.25. The van der Waals surface area contributed by atoms with Crippen molar-refractivity contribution in [3.05, 3.63) is 22.4 Å². The minimum atomic E-state index is -0.575. The van der Waals surface area contributed by atoms with Gasteiger partial charge in [0.2, 0.25) is 0 Å². The standard InChI is InChI=1S/C11H14O2S/c12-10-4-2-1-3-9(10)11(13)8-5-6-14-7-8/h5-7,9,11,13H,1-4H2/t9-,11?/m1/s1. The summed E-state index contributed by atoms with van der Waals surface area (Å²) in [7, 11) is 0. The Balaban J connectivity index is 2.10. The Labute approximate surface area is 87.6 Å². The molecular formula is C11H14O2S. The number of carbonyl (C=O) groups is 1. The minimum Gasteiger partial charge on any atom is -0.388 e. The van der Waals surface area contributed by atoms with E-state index in [1.54, 1.807) is 11.3 Å². The molecule has 1 fully saturated rings. The van der Waals surface area contributed by atoms with E-state index in [0.29, 0.717) is 6.42 Å². The predicted molar refractivity (Wildman–Crippen MR) is 56.2 cm³/mol. The van der Waals surface area contributed by atoms with Crippen molar-refractivity contribution in [2.75, 3.05) is 0 Å². The van der Waals surface area contributed by atoms with Gasteiger partial charge in [0, 0.05) is 12.3 Å². The summed E-state index contributed by atoms with van der Waals surface area (Å²) in [6.07, 6.45) is 2.97. The highest BCUT2D eigenvalue weighted by molar-refractivity contribution is 7.07. The third kappa shape index (κ3) is 1.88. The van der Waals surface area contributed by atoms with E-state index < -0.39 is 6.10 Å². The fourth-order valence-corrected chi connectivity index (χ4v) is 2.71. The first-order valence-electron chi connectivity index (χ1n) is 5.02. The molecule has 1 aliphatic rings. The Bertz CT molecular complexity index is 305. The van der Waals surface area contributed by atoms with Crippen molar-refractivity contribution in [1.82, 2.24) is 0 Å². The van der Waals surface area contributed by atoms with Crippen LogP contribution in [0.15, 0.2) is 16.8 Å². The average Bonchev–Trinajstić information content (AvgIpc) is 2.70. The van der Waals surface area contributed by atoms with Gasteiger partial charge in [0.25, 0.3) is 0 Å². The molecule has 2 rings (SSSR count). The van der Waals surface area contributed by atoms with Crippen molar-refractivity contribution in [2.45, 2.75) is 31.8 Å². The molecule has 1 unspecified atom stereocenters. The maximum atomic E-state index is 11.6. The number of aliphatic hydroxyl groups excluding tert-OH is 1. The molecule has 0 aromatic carbocycles. The van der Waals surface area contributed by atoms with Gasteiger partial charge in [-0.25, -0.2) is 0 Å². The highest BCUT2D eigenvalue weighted by atomic mass is 32.1. The molecule has 2 atom stereocenters. The van der Waals surface area contributed by atoms with Crippen molar-refractivity contribution in [2.24, 2.45) is 5.92 Å². The Morgan fingerprint density at radius 3 is 3.00 bits per heavy atom. The Morgan fingerprint density at radius 1 is 1.50 bits per heavy atom. The molecule has 1 heterocycles. The molecule has 0 aliphatic heterocycles. The highest BCUT2D eigenvalue weighted by Gasteiger charge is 2.29. The van der Waals surface area contributed by atoms with Crippen molar-refractivity contribution < 1.29 is 9.90 Å².